The van der Waals surface area contributed by atoms with Crippen molar-refractivity contribution in [2.24, 2.45) is 0 Å². The van der Waals surface area contributed by atoms with Crippen LogP contribution in [0.1, 0.15) is 74.2 Å². The lowest BCUT2D eigenvalue weighted by atomic mass is 9.98. The van der Waals surface area contributed by atoms with Crippen LogP contribution < -0.4 is 15.0 Å². The fourth-order valence-corrected chi connectivity index (χ4v) is 5.55. The molecule has 3 aliphatic rings. The number of carbonyl (C=O) groups excluding carboxylic acids is 3. The molecule has 1 unspecified atom stereocenters. The van der Waals surface area contributed by atoms with Crippen LogP contribution in [0.4, 0.5) is 5.69 Å². The van der Waals surface area contributed by atoms with E-state index < -0.39 is 5.66 Å². The second-order valence-electron chi connectivity index (χ2n) is 9.79. The van der Waals surface area contributed by atoms with Crippen molar-refractivity contribution >= 4 is 23.4 Å². The normalized spacial score (nSPS) is 21.7. The van der Waals surface area contributed by atoms with Crippen LogP contribution in [-0.2, 0) is 16.1 Å². The van der Waals surface area contributed by atoms with Crippen molar-refractivity contribution in [3.05, 3.63) is 53.7 Å². The average molecular weight is 477 g/mol. The number of fused-ring (bicyclic) bond motifs is 3. The highest BCUT2D eigenvalue weighted by Crippen LogP contribution is 2.44. The van der Waals surface area contributed by atoms with Crippen LogP contribution in [0.2, 0.25) is 0 Å². The van der Waals surface area contributed by atoms with Gasteiger partial charge in [0.05, 0.1) is 11.3 Å². The number of nitrogens with zero attached hydrogens (tertiary/aromatic N) is 3. The second-order valence-corrected chi connectivity index (χ2v) is 9.79. The Labute approximate surface area is 205 Å². The van der Waals surface area contributed by atoms with Crippen molar-refractivity contribution in [1.29, 1.82) is 0 Å². The first kappa shape index (κ1) is 23.3. The van der Waals surface area contributed by atoms with Gasteiger partial charge in [0.25, 0.3) is 5.91 Å². The smallest absolute Gasteiger partial charge is 0.257 e. The van der Waals surface area contributed by atoms with E-state index in [0.717, 1.165) is 18.4 Å². The summed E-state index contributed by atoms with van der Waals surface area (Å²) < 4.78 is 6.06. The quantitative estimate of drug-likeness (QED) is 0.626. The van der Waals surface area contributed by atoms with Crippen molar-refractivity contribution in [2.75, 3.05) is 11.4 Å². The van der Waals surface area contributed by atoms with Gasteiger partial charge in [-0.05, 0) is 63.6 Å². The van der Waals surface area contributed by atoms with E-state index in [0.29, 0.717) is 49.5 Å². The molecule has 3 amide bonds. The minimum atomic E-state index is -0.693. The topological polar surface area (TPSA) is 91.8 Å². The zero-order chi connectivity index (χ0) is 24.4. The molecule has 1 N–H and O–H groups in total. The van der Waals surface area contributed by atoms with E-state index in [1.807, 2.05) is 37.3 Å². The van der Waals surface area contributed by atoms with Gasteiger partial charge in [-0.15, -0.1) is 0 Å². The fourth-order valence-electron chi connectivity index (χ4n) is 5.55. The molecule has 0 bridgehead atoms. The molecule has 3 heterocycles. The number of anilines is 1. The van der Waals surface area contributed by atoms with Gasteiger partial charge >= 0.3 is 0 Å². The molecule has 0 spiro atoms. The first-order chi connectivity index (χ1) is 17.0. The van der Waals surface area contributed by atoms with Gasteiger partial charge in [0, 0.05) is 37.7 Å². The molecule has 0 radical (unpaired) electrons. The molecular weight excluding hydrogens is 444 g/mol. The standard InChI is InChI=1S/C27H32N4O4/c1-27-15-14-24(33)31(27)22-12-5-4-11-21(22)26(34)30(27)17-7-13-23(32)29-18-19-8-6-16-28-25(19)35-20-9-2-3-10-20/h4-6,8,11-12,16,20H,2-3,7,9-10,13-15,17-18H2,1H3,(H,29,32). The minimum Gasteiger partial charge on any atom is -0.474 e. The Hall–Kier alpha value is -3.42. The van der Waals surface area contributed by atoms with Crippen LogP contribution in [0.25, 0.3) is 0 Å². The summed E-state index contributed by atoms with van der Waals surface area (Å²) in [6.07, 6.45) is 8.16. The van der Waals surface area contributed by atoms with Crippen molar-refractivity contribution < 1.29 is 19.1 Å². The van der Waals surface area contributed by atoms with E-state index in [1.165, 1.54) is 12.8 Å². The van der Waals surface area contributed by atoms with Crippen LogP contribution in [0.3, 0.4) is 0 Å². The van der Waals surface area contributed by atoms with Gasteiger partial charge in [-0.25, -0.2) is 4.98 Å². The molecule has 2 aliphatic heterocycles. The second kappa shape index (κ2) is 9.68. The summed E-state index contributed by atoms with van der Waals surface area (Å²) in [6, 6.07) is 11.0. The number of carbonyl (C=O) groups is 3. The predicted octanol–water partition coefficient (Wildman–Crippen LogP) is 3.80. The summed E-state index contributed by atoms with van der Waals surface area (Å²) in [5, 5.41) is 2.96. The number of hydrogen-bond acceptors (Lipinski definition) is 5. The van der Waals surface area contributed by atoms with E-state index in [2.05, 4.69) is 10.3 Å². The highest BCUT2D eigenvalue weighted by molar-refractivity contribution is 6.10. The maximum absolute atomic E-state index is 13.3. The van der Waals surface area contributed by atoms with Gasteiger partial charge in [0.2, 0.25) is 17.7 Å². The fraction of sp³-hybridized carbons (Fsp3) is 0.481. The summed E-state index contributed by atoms with van der Waals surface area (Å²) in [5.74, 6) is 0.451. The summed E-state index contributed by atoms with van der Waals surface area (Å²) >= 11 is 0. The molecule has 1 aromatic carbocycles. The molecule has 8 heteroatoms. The van der Waals surface area contributed by atoms with E-state index in [-0.39, 0.29) is 30.2 Å². The molecule has 1 aromatic heterocycles. The third kappa shape index (κ3) is 4.49. The van der Waals surface area contributed by atoms with Crippen LogP contribution in [0.15, 0.2) is 42.6 Å². The summed E-state index contributed by atoms with van der Waals surface area (Å²) in [4.78, 5) is 46.5. The number of para-hydroxylation sites is 1. The lowest BCUT2D eigenvalue weighted by Gasteiger charge is -2.48. The molecule has 1 saturated carbocycles. The molecule has 1 atom stereocenters. The molecule has 2 fully saturated rings. The number of hydrogen-bond donors (Lipinski definition) is 1. The van der Waals surface area contributed by atoms with Crippen LogP contribution in [-0.4, -0.2) is 45.9 Å². The van der Waals surface area contributed by atoms with E-state index in [1.54, 1.807) is 22.1 Å². The summed E-state index contributed by atoms with van der Waals surface area (Å²) in [5.41, 5.74) is 1.39. The molecule has 8 nitrogen and oxygen atoms in total. The predicted molar refractivity (Wildman–Crippen MR) is 131 cm³/mol. The number of amides is 3. The monoisotopic (exact) mass is 476 g/mol. The molecule has 1 aliphatic carbocycles. The summed E-state index contributed by atoms with van der Waals surface area (Å²) in [6.45, 7) is 2.70. The number of pyridine rings is 1. The number of aromatic nitrogens is 1. The van der Waals surface area contributed by atoms with Crippen LogP contribution in [0.5, 0.6) is 5.88 Å². The third-order valence-electron chi connectivity index (χ3n) is 7.44. The molecule has 35 heavy (non-hydrogen) atoms. The molecule has 2 aromatic rings. The van der Waals surface area contributed by atoms with Crippen molar-refractivity contribution in [3.63, 3.8) is 0 Å². The Balaban J connectivity index is 1.18. The van der Waals surface area contributed by atoms with Crippen molar-refractivity contribution in [1.82, 2.24) is 15.2 Å². The number of nitrogens with one attached hydrogen (secondary N) is 1. The largest absolute Gasteiger partial charge is 0.474 e. The zero-order valence-electron chi connectivity index (χ0n) is 20.2. The Morgan fingerprint density at radius 1 is 1.17 bits per heavy atom. The number of rotatable bonds is 8. The van der Waals surface area contributed by atoms with Crippen molar-refractivity contribution in [2.45, 2.75) is 76.6 Å². The van der Waals surface area contributed by atoms with Crippen molar-refractivity contribution in [3.8, 4) is 5.88 Å². The highest BCUT2D eigenvalue weighted by atomic mass is 16.5. The van der Waals surface area contributed by atoms with Gasteiger partial charge in [-0.1, -0.05) is 18.2 Å². The third-order valence-corrected chi connectivity index (χ3v) is 7.44. The Morgan fingerprint density at radius 2 is 1.97 bits per heavy atom. The lowest BCUT2D eigenvalue weighted by Crippen LogP contribution is -2.62. The Bertz CT molecular complexity index is 1130. The maximum Gasteiger partial charge on any atom is 0.257 e. The summed E-state index contributed by atoms with van der Waals surface area (Å²) in [7, 11) is 0. The van der Waals surface area contributed by atoms with Gasteiger partial charge in [0.15, 0.2) is 0 Å². The van der Waals surface area contributed by atoms with E-state index in [9.17, 15) is 14.4 Å². The van der Waals surface area contributed by atoms with Crippen LogP contribution >= 0.6 is 0 Å². The van der Waals surface area contributed by atoms with E-state index >= 15 is 0 Å². The number of benzene rings is 1. The highest BCUT2D eigenvalue weighted by Gasteiger charge is 2.52. The van der Waals surface area contributed by atoms with Gasteiger partial charge in [-0.3, -0.25) is 19.3 Å². The first-order valence-electron chi connectivity index (χ1n) is 12.6. The molecular formula is C27H32N4O4. The van der Waals surface area contributed by atoms with Gasteiger partial charge < -0.3 is 15.0 Å². The Kier molecular flexibility index (Phi) is 6.45. The SMILES string of the molecule is CC12CCC(=O)N1c1ccccc1C(=O)N2CCCC(=O)NCc1cccnc1OC1CCCC1. The molecule has 5 rings (SSSR count). The van der Waals surface area contributed by atoms with Gasteiger partial charge in [-0.2, -0.15) is 0 Å². The molecule has 1 saturated heterocycles. The van der Waals surface area contributed by atoms with E-state index in [4.69, 9.17) is 4.74 Å². The first-order valence-corrected chi connectivity index (χ1v) is 12.6. The van der Waals surface area contributed by atoms with Gasteiger partial charge in [0.1, 0.15) is 11.8 Å². The number of ether oxygens (including phenoxy) is 1. The van der Waals surface area contributed by atoms with Crippen LogP contribution in [0, 0.1) is 0 Å². The zero-order valence-corrected chi connectivity index (χ0v) is 20.2. The minimum absolute atomic E-state index is 0.0299. The maximum atomic E-state index is 13.3. The average Bonchev–Trinajstić information content (AvgIpc) is 3.48. The Morgan fingerprint density at radius 3 is 2.80 bits per heavy atom. The molecule has 184 valence electrons. The lowest BCUT2D eigenvalue weighted by molar-refractivity contribution is -0.121.